The standard InChI is InChI=1S/C22H23FN2O2/c1-15-20(24-22(27-15)18-9-3-4-10-19(18)23)14-25-12-6-11-21(25)16-7-5-8-17(13-16)26-2/h3-5,7-10,13,21H,6,11-12,14H2,1-2H3/t21-/m0/s1. The van der Waals surface area contributed by atoms with Crippen LogP contribution in [-0.4, -0.2) is 23.5 Å². The van der Waals surface area contributed by atoms with E-state index in [0.29, 0.717) is 24.0 Å². The molecule has 140 valence electrons. The van der Waals surface area contributed by atoms with Crippen LogP contribution in [0.3, 0.4) is 0 Å². The lowest BCUT2D eigenvalue weighted by Crippen LogP contribution is -2.23. The molecule has 0 unspecified atom stereocenters. The summed E-state index contributed by atoms with van der Waals surface area (Å²) in [6.07, 6.45) is 2.24. The zero-order valence-electron chi connectivity index (χ0n) is 15.6. The molecule has 1 aliphatic heterocycles. The van der Waals surface area contributed by atoms with Crippen molar-refractivity contribution in [3.05, 3.63) is 71.4 Å². The van der Waals surface area contributed by atoms with Gasteiger partial charge in [0, 0.05) is 12.6 Å². The molecule has 2 aromatic carbocycles. The Labute approximate surface area is 158 Å². The van der Waals surface area contributed by atoms with E-state index in [1.165, 1.54) is 11.6 Å². The van der Waals surface area contributed by atoms with Crippen molar-refractivity contribution in [3.8, 4) is 17.2 Å². The molecule has 0 radical (unpaired) electrons. The van der Waals surface area contributed by atoms with E-state index in [4.69, 9.17) is 9.15 Å². The molecular weight excluding hydrogens is 343 g/mol. The summed E-state index contributed by atoms with van der Waals surface area (Å²) in [6.45, 7) is 3.58. The van der Waals surface area contributed by atoms with E-state index >= 15 is 0 Å². The van der Waals surface area contributed by atoms with Gasteiger partial charge in [-0.05, 0) is 56.1 Å². The smallest absolute Gasteiger partial charge is 0.229 e. The Kier molecular flexibility index (Phi) is 4.94. The van der Waals surface area contributed by atoms with Gasteiger partial charge in [0.15, 0.2) is 0 Å². The minimum absolute atomic E-state index is 0.319. The largest absolute Gasteiger partial charge is 0.497 e. The SMILES string of the molecule is COc1cccc([C@@H]2CCCN2Cc2nc(-c3ccccc3F)oc2C)c1. The first-order chi connectivity index (χ1) is 13.2. The molecule has 1 aromatic heterocycles. The number of nitrogens with zero attached hydrogens (tertiary/aromatic N) is 2. The molecule has 1 saturated heterocycles. The molecule has 3 aromatic rings. The van der Waals surface area contributed by atoms with Crippen LogP contribution >= 0.6 is 0 Å². The molecule has 0 bridgehead atoms. The molecule has 0 N–H and O–H groups in total. The number of hydrogen-bond acceptors (Lipinski definition) is 4. The van der Waals surface area contributed by atoms with Crippen LogP contribution in [0.15, 0.2) is 52.9 Å². The van der Waals surface area contributed by atoms with E-state index in [1.807, 2.05) is 19.1 Å². The van der Waals surface area contributed by atoms with Crippen LogP contribution in [0, 0.1) is 12.7 Å². The van der Waals surface area contributed by atoms with Gasteiger partial charge in [-0.2, -0.15) is 0 Å². The minimum atomic E-state index is -0.319. The second-order valence-electron chi connectivity index (χ2n) is 6.91. The molecule has 0 saturated carbocycles. The Bertz CT molecular complexity index is 938. The predicted molar refractivity (Wildman–Crippen MR) is 102 cm³/mol. The summed E-state index contributed by atoms with van der Waals surface area (Å²) >= 11 is 0. The van der Waals surface area contributed by atoms with Crippen molar-refractivity contribution < 1.29 is 13.5 Å². The number of benzene rings is 2. The van der Waals surface area contributed by atoms with Crippen molar-refractivity contribution >= 4 is 0 Å². The molecule has 0 amide bonds. The third-order valence-corrected chi connectivity index (χ3v) is 5.19. The van der Waals surface area contributed by atoms with Crippen molar-refractivity contribution in [1.82, 2.24) is 9.88 Å². The Hall–Kier alpha value is -2.66. The maximum absolute atomic E-state index is 14.1. The van der Waals surface area contributed by atoms with Gasteiger partial charge in [0.1, 0.15) is 17.3 Å². The summed E-state index contributed by atoms with van der Waals surface area (Å²) < 4.78 is 25.2. The number of aryl methyl sites for hydroxylation is 1. The fourth-order valence-corrected chi connectivity index (χ4v) is 3.76. The highest BCUT2D eigenvalue weighted by molar-refractivity contribution is 5.54. The molecule has 0 aliphatic carbocycles. The number of halogens is 1. The first-order valence-corrected chi connectivity index (χ1v) is 9.25. The van der Waals surface area contributed by atoms with Crippen LogP contribution in [0.4, 0.5) is 4.39 Å². The quantitative estimate of drug-likeness (QED) is 0.627. The molecule has 4 nitrogen and oxygen atoms in total. The fourth-order valence-electron chi connectivity index (χ4n) is 3.76. The molecule has 1 fully saturated rings. The summed E-state index contributed by atoms with van der Waals surface area (Å²) in [4.78, 5) is 7.00. The molecule has 4 rings (SSSR count). The van der Waals surface area contributed by atoms with Gasteiger partial charge in [-0.25, -0.2) is 9.37 Å². The molecular formula is C22H23FN2O2. The summed E-state index contributed by atoms with van der Waals surface area (Å²) in [5.41, 5.74) is 2.52. The van der Waals surface area contributed by atoms with Crippen LogP contribution in [0.25, 0.3) is 11.5 Å². The van der Waals surface area contributed by atoms with E-state index in [2.05, 4.69) is 22.0 Å². The zero-order chi connectivity index (χ0) is 18.8. The van der Waals surface area contributed by atoms with Crippen LogP contribution in [0.5, 0.6) is 5.75 Å². The number of ether oxygens (including phenoxy) is 1. The van der Waals surface area contributed by atoms with Crippen LogP contribution < -0.4 is 4.74 Å². The first kappa shape index (κ1) is 17.7. The lowest BCUT2D eigenvalue weighted by atomic mass is 10.0. The lowest BCUT2D eigenvalue weighted by molar-refractivity contribution is 0.244. The van der Waals surface area contributed by atoms with Gasteiger partial charge >= 0.3 is 0 Å². The Balaban J connectivity index is 1.57. The van der Waals surface area contributed by atoms with E-state index in [0.717, 1.165) is 36.6 Å². The number of hydrogen-bond donors (Lipinski definition) is 0. The van der Waals surface area contributed by atoms with E-state index in [1.54, 1.807) is 25.3 Å². The van der Waals surface area contributed by atoms with Gasteiger partial charge < -0.3 is 9.15 Å². The molecule has 1 aliphatic rings. The first-order valence-electron chi connectivity index (χ1n) is 9.25. The number of likely N-dealkylation sites (tertiary alicyclic amines) is 1. The molecule has 5 heteroatoms. The van der Waals surface area contributed by atoms with Gasteiger partial charge in [0.05, 0.1) is 18.4 Å². The number of rotatable bonds is 5. The minimum Gasteiger partial charge on any atom is -0.497 e. The van der Waals surface area contributed by atoms with Crippen LogP contribution in [0.1, 0.15) is 35.9 Å². The molecule has 27 heavy (non-hydrogen) atoms. The van der Waals surface area contributed by atoms with E-state index in [-0.39, 0.29) is 5.82 Å². The molecule has 1 atom stereocenters. The Morgan fingerprint density at radius 2 is 2.07 bits per heavy atom. The second kappa shape index (κ2) is 7.53. The van der Waals surface area contributed by atoms with Gasteiger partial charge in [-0.1, -0.05) is 24.3 Å². The Morgan fingerprint density at radius 1 is 1.22 bits per heavy atom. The number of aromatic nitrogens is 1. The fraction of sp³-hybridized carbons (Fsp3) is 0.318. The molecule has 0 spiro atoms. The number of methoxy groups -OCH3 is 1. The maximum Gasteiger partial charge on any atom is 0.229 e. The second-order valence-corrected chi connectivity index (χ2v) is 6.91. The van der Waals surface area contributed by atoms with Crippen LogP contribution in [0.2, 0.25) is 0 Å². The van der Waals surface area contributed by atoms with Gasteiger partial charge in [0.25, 0.3) is 0 Å². The van der Waals surface area contributed by atoms with Crippen molar-refractivity contribution in [1.29, 1.82) is 0 Å². The summed E-state index contributed by atoms with van der Waals surface area (Å²) in [5.74, 6) is 1.64. The normalized spacial score (nSPS) is 17.4. The average Bonchev–Trinajstić information content (AvgIpc) is 3.29. The Morgan fingerprint density at radius 3 is 2.89 bits per heavy atom. The van der Waals surface area contributed by atoms with E-state index < -0.39 is 0 Å². The number of oxazole rings is 1. The maximum atomic E-state index is 14.1. The van der Waals surface area contributed by atoms with E-state index in [9.17, 15) is 4.39 Å². The van der Waals surface area contributed by atoms with Gasteiger partial charge in [0.2, 0.25) is 5.89 Å². The molecule has 2 heterocycles. The third kappa shape index (κ3) is 3.60. The lowest BCUT2D eigenvalue weighted by Gasteiger charge is -2.24. The van der Waals surface area contributed by atoms with Crippen molar-refractivity contribution in [2.24, 2.45) is 0 Å². The third-order valence-electron chi connectivity index (χ3n) is 5.19. The van der Waals surface area contributed by atoms with Crippen molar-refractivity contribution in [3.63, 3.8) is 0 Å². The highest BCUT2D eigenvalue weighted by atomic mass is 19.1. The van der Waals surface area contributed by atoms with Crippen molar-refractivity contribution in [2.75, 3.05) is 13.7 Å². The van der Waals surface area contributed by atoms with Gasteiger partial charge in [-0.3, -0.25) is 4.90 Å². The average molecular weight is 366 g/mol. The topological polar surface area (TPSA) is 38.5 Å². The van der Waals surface area contributed by atoms with Crippen molar-refractivity contribution in [2.45, 2.75) is 32.4 Å². The predicted octanol–water partition coefficient (Wildman–Crippen LogP) is 5.13. The monoisotopic (exact) mass is 366 g/mol. The highest BCUT2D eigenvalue weighted by Gasteiger charge is 2.28. The summed E-state index contributed by atoms with van der Waals surface area (Å²) in [7, 11) is 1.69. The summed E-state index contributed by atoms with van der Waals surface area (Å²) in [6, 6.07) is 15.1. The highest BCUT2D eigenvalue weighted by Crippen LogP contribution is 2.35. The summed E-state index contributed by atoms with van der Waals surface area (Å²) in [5, 5.41) is 0. The van der Waals surface area contributed by atoms with Crippen LogP contribution in [-0.2, 0) is 6.54 Å². The zero-order valence-corrected chi connectivity index (χ0v) is 15.6. The van der Waals surface area contributed by atoms with Gasteiger partial charge in [-0.15, -0.1) is 0 Å².